The van der Waals surface area contributed by atoms with E-state index >= 15 is 0 Å². The summed E-state index contributed by atoms with van der Waals surface area (Å²) in [6, 6.07) is 3.89. The maximum absolute atomic E-state index is 5.50. The summed E-state index contributed by atoms with van der Waals surface area (Å²) >= 11 is 0. The summed E-state index contributed by atoms with van der Waals surface area (Å²) in [5.74, 6) is 1.47. The fourth-order valence-electron chi connectivity index (χ4n) is 1.48. The van der Waals surface area contributed by atoms with Gasteiger partial charge in [0.25, 0.3) is 0 Å². The number of nitrogens with zero attached hydrogens (tertiary/aromatic N) is 2. The molecule has 0 spiro atoms. The topological polar surface area (TPSA) is 58.5 Å². The van der Waals surface area contributed by atoms with Crippen LogP contribution in [-0.4, -0.2) is 30.6 Å². The van der Waals surface area contributed by atoms with Crippen molar-refractivity contribution in [3.05, 3.63) is 23.9 Å². The molecule has 2 N–H and O–H groups in total. The molecule has 1 rings (SSSR count). The molecule has 19 heavy (non-hydrogen) atoms. The second kappa shape index (κ2) is 8.34. The molecule has 0 saturated carbocycles. The number of hydrogen-bond donors (Lipinski definition) is 2. The van der Waals surface area contributed by atoms with Crippen molar-refractivity contribution in [2.45, 2.75) is 39.8 Å². The average molecular weight is 264 g/mol. The number of guanidine groups is 1. The molecule has 5 nitrogen and oxygen atoms in total. The molecule has 0 saturated heterocycles. The Balaban J connectivity index is 2.44. The Labute approximate surface area is 115 Å². The minimum atomic E-state index is 0.147. The first-order valence-electron chi connectivity index (χ1n) is 6.71. The van der Waals surface area contributed by atoms with Crippen LogP contribution in [0.3, 0.4) is 0 Å². The molecule has 0 aliphatic heterocycles. The maximum Gasteiger partial charge on any atom is 0.213 e. The average Bonchev–Trinajstić information content (AvgIpc) is 2.40. The molecular weight excluding hydrogens is 240 g/mol. The summed E-state index contributed by atoms with van der Waals surface area (Å²) in [6.07, 6.45) is 3.04. The first kappa shape index (κ1) is 15.3. The van der Waals surface area contributed by atoms with Gasteiger partial charge in [0.2, 0.25) is 5.88 Å². The largest absolute Gasteiger partial charge is 0.475 e. The highest BCUT2D eigenvalue weighted by molar-refractivity contribution is 5.79. The van der Waals surface area contributed by atoms with Crippen molar-refractivity contribution in [3.8, 4) is 5.88 Å². The van der Waals surface area contributed by atoms with Gasteiger partial charge in [-0.05, 0) is 25.8 Å². The number of nitrogens with one attached hydrogen (secondary N) is 2. The lowest BCUT2D eigenvalue weighted by molar-refractivity contribution is 0.232. The lowest BCUT2D eigenvalue weighted by Crippen LogP contribution is -2.37. The van der Waals surface area contributed by atoms with Crippen molar-refractivity contribution in [2.75, 3.05) is 13.6 Å². The molecule has 0 aliphatic rings. The zero-order valence-electron chi connectivity index (χ0n) is 12.2. The molecule has 0 bridgehead atoms. The molecule has 1 aromatic rings. The van der Waals surface area contributed by atoms with Crippen LogP contribution < -0.4 is 15.4 Å². The molecule has 0 aliphatic carbocycles. The van der Waals surface area contributed by atoms with Crippen LogP contribution in [0.25, 0.3) is 0 Å². The van der Waals surface area contributed by atoms with E-state index in [1.807, 2.05) is 32.2 Å². The van der Waals surface area contributed by atoms with Crippen LogP contribution in [0.5, 0.6) is 5.88 Å². The predicted molar refractivity (Wildman–Crippen MR) is 78.5 cm³/mol. The normalized spacial score (nSPS) is 11.5. The van der Waals surface area contributed by atoms with Crippen molar-refractivity contribution < 1.29 is 4.74 Å². The van der Waals surface area contributed by atoms with Crippen LogP contribution >= 0.6 is 0 Å². The van der Waals surface area contributed by atoms with Gasteiger partial charge in [-0.3, -0.25) is 4.99 Å². The van der Waals surface area contributed by atoms with Crippen molar-refractivity contribution in [1.82, 2.24) is 15.6 Å². The number of pyridine rings is 1. The summed E-state index contributed by atoms with van der Waals surface area (Å²) in [5.41, 5.74) is 1.09. The lowest BCUT2D eigenvalue weighted by atomic mass is 10.3. The van der Waals surface area contributed by atoms with Crippen LogP contribution in [0.15, 0.2) is 23.3 Å². The summed E-state index contributed by atoms with van der Waals surface area (Å²) in [6.45, 7) is 7.70. The van der Waals surface area contributed by atoms with E-state index in [-0.39, 0.29) is 6.10 Å². The highest BCUT2D eigenvalue weighted by Gasteiger charge is 2.01. The van der Waals surface area contributed by atoms with Gasteiger partial charge in [-0.2, -0.15) is 0 Å². The van der Waals surface area contributed by atoms with Crippen LogP contribution in [-0.2, 0) is 6.54 Å². The Morgan fingerprint density at radius 2 is 2.16 bits per heavy atom. The maximum atomic E-state index is 5.50. The quantitative estimate of drug-likeness (QED) is 0.609. The Morgan fingerprint density at radius 3 is 2.68 bits per heavy atom. The molecule has 5 heteroatoms. The molecule has 106 valence electrons. The molecule has 0 radical (unpaired) electrons. The molecule has 0 fully saturated rings. The van der Waals surface area contributed by atoms with E-state index in [2.05, 4.69) is 27.5 Å². The molecule has 0 amide bonds. The number of ether oxygens (including phenoxy) is 1. The van der Waals surface area contributed by atoms with Gasteiger partial charge in [-0.1, -0.05) is 13.0 Å². The second-order valence-electron chi connectivity index (χ2n) is 4.52. The Bertz CT molecular complexity index is 387. The van der Waals surface area contributed by atoms with Gasteiger partial charge in [-0.15, -0.1) is 0 Å². The van der Waals surface area contributed by atoms with Gasteiger partial charge >= 0.3 is 0 Å². The van der Waals surface area contributed by atoms with E-state index in [1.54, 1.807) is 7.05 Å². The van der Waals surface area contributed by atoms with E-state index in [0.29, 0.717) is 12.4 Å². The van der Waals surface area contributed by atoms with Crippen LogP contribution in [0.4, 0.5) is 0 Å². The van der Waals surface area contributed by atoms with E-state index in [4.69, 9.17) is 4.74 Å². The molecule has 1 heterocycles. The first-order valence-corrected chi connectivity index (χ1v) is 6.71. The van der Waals surface area contributed by atoms with Gasteiger partial charge in [0.05, 0.1) is 6.10 Å². The Kier molecular flexibility index (Phi) is 6.71. The van der Waals surface area contributed by atoms with Gasteiger partial charge < -0.3 is 15.4 Å². The summed E-state index contributed by atoms with van der Waals surface area (Å²) in [4.78, 5) is 8.41. The minimum absolute atomic E-state index is 0.147. The SMILES string of the molecule is CCCNC(=NC)NCc1ccc(OC(C)C)nc1. The third-order valence-corrected chi connectivity index (χ3v) is 2.38. The summed E-state index contributed by atoms with van der Waals surface area (Å²) < 4.78 is 5.50. The van der Waals surface area contributed by atoms with Gasteiger partial charge in [0, 0.05) is 32.4 Å². The van der Waals surface area contributed by atoms with E-state index < -0.39 is 0 Å². The van der Waals surface area contributed by atoms with Crippen molar-refractivity contribution in [1.29, 1.82) is 0 Å². The molecular formula is C14H24N4O. The second-order valence-corrected chi connectivity index (χ2v) is 4.52. The third kappa shape index (κ3) is 6.08. The molecule has 0 unspecified atom stereocenters. The third-order valence-electron chi connectivity index (χ3n) is 2.38. The van der Waals surface area contributed by atoms with E-state index in [9.17, 15) is 0 Å². The summed E-state index contributed by atoms with van der Waals surface area (Å²) in [7, 11) is 1.77. The van der Waals surface area contributed by atoms with E-state index in [1.165, 1.54) is 0 Å². The molecule has 0 aromatic carbocycles. The van der Waals surface area contributed by atoms with Crippen molar-refractivity contribution in [2.24, 2.45) is 4.99 Å². The number of rotatable bonds is 6. The Morgan fingerprint density at radius 1 is 1.37 bits per heavy atom. The molecule has 1 aromatic heterocycles. The van der Waals surface area contributed by atoms with Crippen LogP contribution in [0, 0.1) is 0 Å². The van der Waals surface area contributed by atoms with Crippen molar-refractivity contribution >= 4 is 5.96 Å². The van der Waals surface area contributed by atoms with E-state index in [0.717, 1.165) is 24.5 Å². The fourth-order valence-corrected chi connectivity index (χ4v) is 1.48. The zero-order valence-corrected chi connectivity index (χ0v) is 12.2. The lowest BCUT2D eigenvalue weighted by Gasteiger charge is -2.12. The number of hydrogen-bond acceptors (Lipinski definition) is 3. The standard InChI is InChI=1S/C14H24N4O/c1-5-8-16-14(15-4)18-10-12-6-7-13(17-9-12)19-11(2)3/h6-7,9,11H,5,8,10H2,1-4H3,(H2,15,16,18). The predicted octanol–water partition coefficient (Wildman–Crippen LogP) is 1.94. The number of aliphatic imine (C=N–C) groups is 1. The highest BCUT2D eigenvalue weighted by atomic mass is 16.5. The Hall–Kier alpha value is -1.78. The van der Waals surface area contributed by atoms with Crippen molar-refractivity contribution in [3.63, 3.8) is 0 Å². The van der Waals surface area contributed by atoms with Crippen LogP contribution in [0.2, 0.25) is 0 Å². The first-order chi connectivity index (χ1) is 9.15. The molecule has 0 atom stereocenters. The zero-order chi connectivity index (χ0) is 14.1. The van der Waals surface area contributed by atoms with Crippen LogP contribution in [0.1, 0.15) is 32.8 Å². The summed E-state index contributed by atoms with van der Waals surface area (Å²) in [5, 5.41) is 6.46. The smallest absolute Gasteiger partial charge is 0.213 e. The van der Waals surface area contributed by atoms with Gasteiger partial charge in [-0.25, -0.2) is 4.98 Å². The van der Waals surface area contributed by atoms with Gasteiger partial charge in [0.1, 0.15) is 0 Å². The number of aromatic nitrogens is 1. The monoisotopic (exact) mass is 264 g/mol. The fraction of sp³-hybridized carbons (Fsp3) is 0.571. The van der Waals surface area contributed by atoms with Gasteiger partial charge in [0.15, 0.2) is 5.96 Å². The highest BCUT2D eigenvalue weighted by Crippen LogP contribution is 2.09. The minimum Gasteiger partial charge on any atom is -0.475 e.